The van der Waals surface area contributed by atoms with Crippen LogP contribution in [0, 0.1) is 0 Å². The number of H-pyrrole nitrogens is 1. The Labute approximate surface area is 224 Å². The number of nitrogens with zero attached hydrogens (tertiary/aromatic N) is 3. The third-order valence-electron chi connectivity index (χ3n) is 5.06. The molecule has 12 heteroatoms. The van der Waals surface area contributed by atoms with E-state index in [1.165, 1.54) is 12.1 Å². The molecule has 0 atom stereocenters. The number of halogens is 1. The van der Waals surface area contributed by atoms with E-state index < -0.39 is 5.97 Å². The molecule has 0 amide bonds. The molecule has 200 valence electrons. The maximum absolute atomic E-state index is 11.9. The molecule has 0 spiro atoms. The van der Waals surface area contributed by atoms with Gasteiger partial charge < -0.3 is 24.1 Å². The Hall–Kier alpha value is -4.38. The number of aromatic nitrogens is 4. The summed E-state index contributed by atoms with van der Waals surface area (Å²) in [5.41, 5.74) is 2.90. The molecule has 11 nitrogen and oxygen atoms in total. The molecule has 0 saturated carbocycles. The number of fused-ring (bicyclic) bond motifs is 1. The van der Waals surface area contributed by atoms with Gasteiger partial charge in [0.1, 0.15) is 30.1 Å². The molecule has 2 heterocycles. The van der Waals surface area contributed by atoms with Gasteiger partial charge in [0.05, 0.1) is 29.3 Å². The molecule has 0 bridgehead atoms. The highest BCUT2D eigenvalue weighted by molar-refractivity contribution is 6.32. The number of anilines is 1. The first-order valence-electron chi connectivity index (χ1n) is 11.8. The SMILES string of the molecule is CCOC(=O)COc1ccc(C=O)cc1Cl.CCOC(=O)Cn1c(-c2cc(NC)n[nH]2)nc2ccccc21. The Balaban J connectivity index is 0.000000223. The molecule has 0 saturated heterocycles. The maximum Gasteiger partial charge on any atom is 0.344 e. The summed E-state index contributed by atoms with van der Waals surface area (Å²) >= 11 is 5.83. The summed E-state index contributed by atoms with van der Waals surface area (Å²) in [5, 5.41) is 10.3. The fourth-order valence-corrected chi connectivity index (χ4v) is 3.63. The quantitative estimate of drug-likeness (QED) is 0.224. The summed E-state index contributed by atoms with van der Waals surface area (Å²) < 4.78 is 16.7. The summed E-state index contributed by atoms with van der Waals surface area (Å²) in [5.74, 6) is 0.964. The van der Waals surface area contributed by atoms with Crippen LogP contribution in [0.1, 0.15) is 24.2 Å². The highest BCUT2D eigenvalue weighted by Crippen LogP contribution is 2.26. The normalized spacial score (nSPS) is 10.3. The largest absolute Gasteiger partial charge is 0.480 e. The van der Waals surface area contributed by atoms with Gasteiger partial charge in [-0.25, -0.2) is 9.78 Å². The Bertz CT molecular complexity index is 1400. The van der Waals surface area contributed by atoms with Crippen LogP contribution in [0.3, 0.4) is 0 Å². The second kappa shape index (κ2) is 13.8. The zero-order valence-corrected chi connectivity index (χ0v) is 21.9. The minimum Gasteiger partial charge on any atom is -0.480 e. The molecule has 0 radical (unpaired) electrons. The fraction of sp³-hybridized carbons (Fsp3) is 0.269. The lowest BCUT2D eigenvalue weighted by atomic mass is 10.2. The van der Waals surface area contributed by atoms with Gasteiger partial charge >= 0.3 is 11.9 Å². The number of ether oxygens (including phenoxy) is 3. The second-order valence-corrected chi connectivity index (χ2v) is 8.04. The third kappa shape index (κ3) is 7.32. The van der Waals surface area contributed by atoms with Crippen LogP contribution in [-0.4, -0.2) is 64.8 Å². The lowest BCUT2D eigenvalue weighted by Crippen LogP contribution is -2.14. The monoisotopic (exact) mass is 541 g/mol. The number of para-hydroxylation sites is 2. The Kier molecular flexibility index (Phi) is 10.2. The standard InChI is InChI=1S/C15H17N5O2.C11H11ClO4/c1-3-22-14(21)9-20-12-7-5-4-6-10(12)17-15(20)11-8-13(16-2)19-18-11;1-2-15-11(14)7-16-10-4-3-8(6-13)5-9(10)12/h4-8H,3,9H2,1-2H3,(H2,16,18,19);3-6H,2,7H2,1H3. The molecule has 2 aromatic carbocycles. The van der Waals surface area contributed by atoms with Crippen LogP contribution in [0.4, 0.5) is 5.82 Å². The third-order valence-corrected chi connectivity index (χ3v) is 5.36. The summed E-state index contributed by atoms with van der Waals surface area (Å²) in [6.45, 7) is 4.07. The number of aldehydes is 1. The predicted octanol–water partition coefficient (Wildman–Crippen LogP) is 4.13. The average Bonchev–Trinajstić information content (AvgIpc) is 3.53. The van der Waals surface area contributed by atoms with E-state index in [1.54, 1.807) is 27.0 Å². The number of rotatable bonds is 10. The van der Waals surface area contributed by atoms with Gasteiger partial charge in [-0.1, -0.05) is 23.7 Å². The Morgan fingerprint density at radius 1 is 1.08 bits per heavy atom. The van der Waals surface area contributed by atoms with Crippen LogP contribution in [-0.2, 0) is 25.6 Å². The van der Waals surface area contributed by atoms with Crippen molar-refractivity contribution >= 4 is 46.7 Å². The zero-order valence-electron chi connectivity index (χ0n) is 21.2. The van der Waals surface area contributed by atoms with Crippen molar-refractivity contribution in [3.63, 3.8) is 0 Å². The Morgan fingerprint density at radius 2 is 1.82 bits per heavy atom. The molecule has 2 N–H and O–H groups in total. The molecular weight excluding hydrogens is 514 g/mol. The zero-order chi connectivity index (χ0) is 27.5. The van der Waals surface area contributed by atoms with Crippen molar-refractivity contribution in [2.75, 3.05) is 32.2 Å². The predicted molar refractivity (Wildman–Crippen MR) is 142 cm³/mol. The molecule has 0 aliphatic carbocycles. The van der Waals surface area contributed by atoms with Gasteiger partial charge in [0, 0.05) is 18.7 Å². The minimum absolute atomic E-state index is 0.109. The summed E-state index contributed by atoms with van der Waals surface area (Å²) in [6, 6.07) is 14.1. The van der Waals surface area contributed by atoms with Crippen molar-refractivity contribution in [3.8, 4) is 17.3 Å². The number of aromatic amines is 1. The van der Waals surface area contributed by atoms with Crippen molar-refractivity contribution in [1.29, 1.82) is 0 Å². The van der Waals surface area contributed by atoms with Gasteiger partial charge in [-0.15, -0.1) is 0 Å². The summed E-state index contributed by atoms with van der Waals surface area (Å²) in [4.78, 5) is 37.9. The van der Waals surface area contributed by atoms with E-state index in [0.29, 0.717) is 42.5 Å². The number of hydrogen-bond acceptors (Lipinski definition) is 9. The van der Waals surface area contributed by atoms with E-state index in [0.717, 1.165) is 16.7 Å². The van der Waals surface area contributed by atoms with E-state index in [9.17, 15) is 14.4 Å². The molecule has 0 aliphatic rings. The highest BCUT2D eigenvalue weighted by atomic mass is 35.5. The van der Waals surface area contributed by atoms with Crippen LogP contribution in [0.15, 0.2) is 48.5 Å². The topological polar surface area (TPSA) is 137 Å². The maximum atomic E-state index is 11.9. The number of carbonyl (C=O) groups excluding carboxylic acids is 3. The van der Waals surface area contributed by atoms with E-state index in [4.69, 9.17) is 21.1 Å². The number of esters is 2. The number of imidazole rings is 1. The molecule has 2 aromatic heterocycles. The van der Waals surface area contributed by atoms with Gasteiger partial charge in [-0.3, -0.25) is 14.7 Å². The number of nitrogens with one attached hydrogen (secondary N) is 2. The van der Waals surface area contributed by atoms with Crippen LogP contribution >= 0.6 is 11.6 Å². The number of benzene rings is 2. The van der Waals surface area contributed by atoms with Crippen molar-refractivity contribution in [3.05, 3.63) is 59.1 Å². The average molecular weight is 542 g/mol. The second-order valence-electron chi connectivity index (χ2n) is 7.63. The molecule has 4 aromatic rings. The van der Waals surface area contributed by atoms with Crippen LogP contribution < -0.4 is 10.1 Å². The first-order valence-corrected chi connectivity index (χ1v) is 12.1. The van der Waals surface area contributed by atoms with Gasteiger partial charge in [0.2, 0.25) is 0 Å². The van der Waals surface area contributed by atoms with Crippen LogP contribution in [0.2, 0.25) is 5.02 Å². The summed E-state index contributed by atoms with van der Waals surface area (Å²) in [7, 11) is 1.79. The van der Waals surface area contributed by atoms with Gasteiger partial charge in [0.15, 0.2) is 12.4 Å². The highest BCUT2D eigenvalue weighted by Gasteiger charge is 2.17. The summed E-state index contributed by atoms with van der Waals surface area (Å²) in [6.07, 6.45) is 0.682. The molecular formula is C26H28ClN5O6. The van der Waals surface area contributed by atoms with Crippen molar-refractivity contribution in [2.45, 2.75) is 20.4 Å². The van der Waals surface area contributed by atoms with Crippen molar-refractivity contribution < 1.29 is 28.6 Å². The smallest absolute Gasteiger partial charge is 0.344 e. The molecule has 38 heavy (non-hydrogen) atoms. The lowest BCUT2D eigenvalue weighted by Gasteiger charge is -2.07. The molecule has 0 fully saturated rings. The molecule has 4 rings (SSSR count). The van der Waals surface area contributed by atoms with E-state index in [-0.39, 0.29) is 24.1 Å². The first kappa shape index (κ1) is 28.2. The van der Waals surface area contributed by atoms with E-state index >= 15 is 0 Å². The lowest BCUT2D eigenvalue weighted by molar-refractivity contribution is -0.145. The van der Waals surface area contributed by atoms with Gasteiger partial charge in [0.25, 0.3) is 0 Å². The van der Waals surface area contributed by atoms with E-state index in [1.807, 2.05) is 34.9 Å². The van der Waals surface area contributed by atoms with Crippen molar-refractivity contribution in [1.82, 2.24) is 19.7 Å². The first-order chi connectivity index (χ1) is 18.4. The molecule has 0 unspecified atom stereocenters. The fourth-order valence-electron chi connectivity index (χ4n) is 3.39. The number of hydrogen-bond donors (Lipinski definition) is 2. The Morgan fingerprint density at radius 3 is 2.47 bits per heavy atom. The van der Waals surface area contributed by atoms with Crippen LogP contribution in [0.25, 0.3) is 22.6 Å². The van der Waals surface area contributed by atoms with Crippen molar-refractivity contribution in [2.24, 2.45) is 0 Å². The van der Waals surface area contributed by atoms with Gasteiger partial charge in [-0.2, -0.15) is 5.10 Å². The van der Waals surface area contributed by atoms with Gasteiger partial charge in [-0.05, 0) is 44.2 Å². The minimum atomic E-state index is -0.460. The van der Waals surface area contributed by atoms with Crippen LogP contribution in [0.5, 0.6) is 5.75 Å². The molecule has 0 aliphatic heterocycles. The van der Waals surface area contributed by atoms with E-state index in [2.05, 4.69) is 25.2 Å². The number of carbonyl (C=O) groups is 3.